The summed E-state index contributed by atoms with van der Waals surface area (Å²) in [5, 5.41) is 10.9. The summed E-state index contributed by atoms with van der Waals surface area (Å²) < 4.78 is 14.5. The fourth-order valence-electron chi connectivity index (χ4n) is 3.41. The van der Waals surface area contributed by atoms with Crippen molar-refractivity contribution < 1.29 is 4.39 Å². The fraction of sp³-hybridized carbons (Fsp3) is 0.350. The van der Waals surface area contributed by atoms with E-state index in [0.717, 1.165) is 48.6 Å². The molecule has 3 heterocycles. The molecule has 136 valence electrons. The van der Waals surface area contributed by atoms with E-state index < -0.39 is 0 Å². The molecular weight excluding hydrogens is 365 g/mol. The molecule has 0 unspecified atom stereocenters. The number of aromatic nitrogens is 1. The number of halogens is 1. The molecule has 0 spiro atoms. The molecule has 0 radical (unpaired) electrons. The molecule has 1 aromatic carbocycles. The number of nitrogens with zero attached hydrogens (tertiary/aromatic N) is 2. The Kier molecular flexibility index (Phi) is 5.62. The van der Waals surface area contributed by atoms with E-state index in [0.29, 0.717) is 6.54 Å². The molecule has 4 rings (SSSR count). The third kappa shape index (κ3) is 4.14. The normalized spacial score (nSPS) is 15.5. The van der Waals surface area contributed by atoms with Gasteiger partial charge >= 0.3 is 0 Å². The van der Waals surface area contributed by atoms with Gasteiger partial charge in [-0.3, -0.25) is 0 Å². The van der Waals surface area contributed by atoms with Crippen LogP contribution in [0.25, 0.3) is 0 Å². The van der Waals surface area contributed by atoms with Crippen molar-refractivity contribution in [1.29, 1.82) is 0 Å². The van der Waals surface area contributed by atoms with Crippen molar-refractivity contribution in [2.24, 2.45) is 0 Å². The number of thiophene rings is 1. The van der Waals surface area contributed by atoms with Crippen LogP contribution in [0.15, 0.2) is 46.6 Å². The third-order valence-corrected chi connectivity index (χ3v) is 6.40. The van der Waals surface area contributed by atoms with E-state index in [9.17, 15) is 4.39 Å². The maximum atomic E-state index is 14.5. The fourth-order valence-corrected chi connectivity index (χ4v) is 4.81. The SMILES string of the molecule is Fc1cc(CN[C@@H](Cc2ccsc2)c2nccs2)ccc1N1CCCC1. The Morgan fingerprint density at radius 3 is 2.73 bits per heavy atom. The van der Waals surface area contributed by atoms with Crippen molar-refractivity contribution >= 4 is 28.4 Å². The highest BCUT2D eigenvalue weighted by molar-refractivity contribution is 7.09. The largest absolute Gasteiger partial charge is 0.369 e. The lowest BCUT2D eigenvalue weighted by molar-refractivity contribution is 0.526. The summed E-state index contributed by atoms with van der Waals surface area (Å²) >= 11 is 3.37. The van der Waals surface area contributed by atoms with E-state index in [4.69, 9.17) is 0 Å². The lowest BCUT2D eigenvalue weighted by Gasteiger charge is -2.20. The zero-order valence-corrected chi connectivity index (χ0v) is 16.2. The first-order chi connectivity index (χ1) is 12.8. The predicted octanol–water partition coefficient (Wildman–Crippen LogP) is 5.02. The van der Waals surface area contributed by atoms with E-state index in [1.807, 2.05) is 23.7 Å². The van der Waals surface area contributed by atoms with Crippen LogP contribution in [0.4, 0.5) is 10.1 Å². The van der Waals surface area contributed by atoms with Gasteiger partial charge in [-0.1, -0.05) is 6.07 Å². The van der Waals surface area contributed by atoms with E-state index in [2.05, 4.69) is 32.0 Å². The van der Waals surface area contributed by atoms with Gasteiger partial charge in [-0.05, 0) is 59.3 Å². The molecule has 0 bridgehead atoms. The number of hydrogen-bond acceptors (Lipinski definition) is 5. The Bertz CT molecular complexity index is 812. The average molecular weight is 388 g/mol. The molecule has 3 nitrogen and oxygen atoms in total. The first-order valence-electron chi connectivity index (χ1n) is 8.97. The Balaban J connectivity index is 1.44. The summed E-state index contributed by atoms with van der Waals surface area (Å²) in [6, 6.07) is 7.93. The first kappa shape index (κ1) is 17.6. The van der Waals surface area contributed by atoms with Gasteiger partial charge in [-0.25, -0.2) is 9.37 Å². The Morgan fingerprint density at radius 2 is 2.04 bits per heavy atom. The van der Waals surface area contributed by atoms with Gasteiger partial charge in [0.1, 0.15) is 10.8 Å². The van der Waals surface area contributed by atoms with Crippen molar-refractivity contribution in [3.63, 3.8) is 0 Å². The number of nitrogens with one attached hydrogen (secondary N) is 1. The molecule has 1 fully saturated rings. The number of benzene rings is 1. The number of anilines is 1. The van der Waals surface area contributed by atoms with Crippen LogP contribution in [0.5, 0.6) is 0 Å². The summed E-state index contributed by atoms with van der Waals surface area (Å²) in [5.41, 5.74) is 3.01. The molecule has 0 saturated carbocycles. The highest BCUT2D eigenvalue weighted by atomic mass is 32.1. The average Bonchev–Trinajstić information content (AvgIpc) is 3.42. The Hall–Kier alpha value is -1.76. The maximum Gasteiger partial charge on any atom is 0.146 e. The lowest BCUT2D eigenvalue weighted by Crippen LogP contribution is -2.23. The summed E-state index contributed by atoms with van der Waals surface area (Å²) in [6.07, 6.45) is 5.04. The molecule has 0 aliphatic carbocycles. The molecule has 0 amide bonds. The second kappa shape index (κ2) is 8.29. The van der Waals surface area contributed by atoms with Crippen molar-refractivity contribution in [2.45, 2.75) is 31.8 Å². The Morgan fingerprint density at radius 1 is 1.15 bits per heavy atom. The smallest absolute Gasteiger partial charge is 0.146 e. The van der Waals surface area contributed by atoms with Crippen molar-refractivity contribution in [2.75, 3.05) is 18.0 Å². The van der Waals surface area contributed by atoms with E-state index >= 15 is 0 Å². The summed E-state index contributed by atoms with van der Waals surface area (Å²) in [4.78, 5) is 6.61. The highest BCUT2D eigenvalue weighted by Crippen LogP contribution is 2.26. The maximum absolute atomic E-state index is 14.5. The third-order valence-electron chi connectivity index (χ3n) is 4.78. The second-order valence-electron chi connectivity index (χ2n) is 6.62. The second-order valence-corrected chi connectivity index (χ2v) is 8.33. The van der Waals surface area contributed by atoms with Gasteiger partial charge in [-0.15, -0.1) is 11.3 Å². The van der Waals surface area contributed by atoms with Gasteiger partial charge in [0.2, 0.25) is 0 Å². The monoisotopic (exact) mass is 387 g/mol. The van der Waals surface area contributed by atoms with Crippen LogP contribution in [-0.4, -0.2) is 18.1 Å². The summed E-state index contributed by atoms with van der Waals surface area (Å²) in [7, 11) is 0. The van der Waals surface area contributed by atoms with Gasteiger partial charge in [0.05, 0.1) is 11.7 Å². The molecule has 6 heteroatoms. The van der Waals surface area contributed by atoms with Crippen LogP contribution in [0.2, 0.25) is 0 Å². The Labute approximate surface area is 161 Å². The van der Waals surface area contributed by atoms with Gasteiger partial charge in [-0.2, -0.15) is 11.3 Å². The zero-order valence-electron chi connectivity index (χ0n) is 14.5. The van der Waals surface area contributed by atoms with Crippen LogP contribution >= 0.6 is 22.7 Å². The minimum Gasteiger partial charge on any atom is -0.369 e. The van der Waals surface area contributed by atoms with E-state index in [1.54, 1.807) is 28.7 Å². The molecular formula is C20H22FN3S2. The van der Waals surface area contributed by atoms with Crippen LogP contribution in [0, 0.1) is 5.82 Å². The summed E-state index contributed by atoms with van der Waals surface area (Å²) in [6.45, 7) is 2.55. The van der Waals surface area contributed by atoms with Crippen LogP contribution in [0.3, 0.4) is 0 Å². The molecule has 26 heavy (non-hydrogen) atoms. The van der Waals surface area contributed by atoms with Crippen molar-refractivity contribution in [1.82, 2.24) is 10.3 Å². The molecule has 1 N–H and O–H groups in total. The lowest BCUT2D eigenvalue weighted by atomic mass is 10.1. The van der Waals surface area contributed by atoms with Crippen molar-refractivity contribution in [3.05, 3.63) is 68.6 Å². The van der Waals surface area contributed by atoms with E-state index in [-0.39, 0.29) is 11.9 Å². The minimum absolute atomic E-state index is 0.116. The van der Waals surface area contributed by atoms with E-state index in [1.165, 1.54) is 5.56 Å². The first-order valence-corrected chi connectivity index (χ1v) is 10.8. The van der Waals surface area contributed by atoms with Crippen LogP contribution < -0.4 is 10.2 Å². The quantitative estimate of drug-likeness (QED) is 0.617. The molecule has 1 atom stereocenters. The van der Waals surface area contributed by atoms with Gasteiger partial charge in [0.15, 0.2) is 0 Å². The zero-order chi connectivity index (χ0) is 17.8. The molecule has 2 aromatic heterocycles. The van der Waals surface area contributed by atoms with Gasteiger partial charge in [0.25, 0.3) is 0 Å². The molecule has 1 aliphatic heterocycles. The number of thiazole rings is 1. The van der Waals surface area contributed by atoms with Gasteiger partial charge < -0.3 is 10.2 Å². The predicted molar refractivity (Wildman–Crippen MR) is 108 cm³/mol. The van der Waals surface area contributed by atoms with Crippen molar-refractivity contribution in [3.8, 4) is 0 Å². The molecule has 3 aromatic rings. The standard InChI is InChI=1S/C20H22FN3S2/c21-17-11-15(3-4-19(17)24-7-1-2-8-24)13-23-18(20-22-6-10-26-20)12-16-5-9-25-14-16/h3-6,9-11,14,18,23H,1-2,7-8,12-13H2/t18-/m0/s1. The highest BCUT2D eigenvalue weighted by Gasteiger charge is 2.18. The molecule has 1 aliphatic rings. The van der Waals surface area contributed by atoms with Crippen LogP contribution in [-0.2, 0) is 13.0 Å². The number of hydrogen-bond donors (Lipinski definition) is 1. The summed E-state index contributed by atoms with van der Waals surface area (Å²) in [5.74, 6) is -0.116. The van der Waals surface area contributed by atoms with Gasteiger partial charge in [0, 0.05) is 31.2 Å². The number of rotatable bonds is 7. The molecule has 1 saturated heterocycles. The van der Waals surface area contributed by atoms with Crippen LogP contribution in [0.1, 0.15) is 35.0 Å². The minimum atomic E-state index is -0.116. The topological polar surface area (TPSA) is 28.2 Å².